The van der Waals surface area contributed by atoms with E-state index in [9.17, 15) is 4.39 Å². The van der Waals surface area contributed by atoms with Crippen molar-refractivity contribution in [2.45, 2.75) is 11.8 Å². The van der Waals surface area contributed by atoms with E-state index in [0.717, 1.165) is 14.2 Å². The summed E-state index contributed by atoms with van der Waals surface area (Å²) < 4.78 is 14.4. The molecule has 0 amide bonds. The van der Waals surface area contributed by atoms with E-state index in [1.165, 1.54) is 6.07 Å². The molecule has 1 aromatic carbocycles. The van der Waals surface area contributed by atoms with Crippen molar-refractivity contribution in [3.05, 3.63) is 54.9 Å². The number of thiophene rings is 1. The maximum atomic E-state index is 13.3. The van der Waals surface area contributed by atoms with Gasteiger partial charge >= 0.3 is 0 Å². The Morgan fingerprint density at radius 3 is 2.65 bits per heavy atom. The van der Waals surface area contributed by atoms with E-state index in [1.54, 1.807) is 24.3 Å². The number of rotatable bonds is 2. The van der Waals surface area contributed by atoms with Crippen molar-refractivity contribution in [2.24, 2.45) is 0 Å². The fourth-order valence-electron chi connectivity index (χ4n) is 1.49. The highest BCUT2D eigenvalue weighted by atomic mass is 79.9. The first-order valence-electron chi connectivity index (χ1n) is 4.84. The van der Waals surface area contributed by atoms with Gasteiger partial charge < -0.3 is 0 Å². The first-order chi connectivity index (χ1) is 7.99. The maximum Gasteiger partial charge on any atom is 0.127 e. The Kier molecular flexibility index (Phi) is 4.29. The van der Waals surface area contributed by atoms with Crippen molar-refractivity contribution >= 4 is 54.8 Å². The van der Waals surface area contributed by atoms with E-state index in [4.69, 9.17) is 11.6 Å². The molecule has 90 valence electrons. The summed E-state index contributed by atoms with van der Waals surface area (Å²) in [5.41, 5.74) is 1.49. The van der Waals surface area contributed by atoms with Crippen LogP contribution in [-0.4, -0.2) is 0 Å². The molecular weight excluding hydrogens is 390 g/mol. The molecule has 0 saturated heterocycles. The molecule has 0 N–H and O–H groups in total. The minimum absolute atomic E-state index is 0.00870. The van der Waals surface area contributed by atoms with Crippen molar-refractivity contribution in [1.29, 1.82) is 0 Å². The van der Waals surface area contributed by atoms with Crippen LogP contribution in [0.1, 0.15) is 20.8 Å². The zero-order valence-corrected chi connectivity index (χ0v) is 13.6. The summed E-state index contributed by atoms with van der Waals surface area (Å²) in [5.74, 6) is -0.272. The Hall–Kier alpha value is 0.1000. The molecule has 0 aliphatic rings. The van der Waals surface area contributed by atoms with Crippen molar-refractivity contribution in [3.8, 4) is 0 Å². The Balaban J connectivity index is 2.43. The molecular formula is C12H8Br2ClFS. The van der Waals surface area contributed by atoms with Crippen LogP contribution in [0.15, 0.2) is 28.1 Å². The van der Waals surface area contributed by atoms with Gasteiger partial charge in [0.2, 0.25) is 0 Å². The van der Waals surface area contributed by atoms with Gasteiger partial charge in [0.15, 0.2) is 0 Å². The maximum absolute atomic E-state index is 13.3. The van der Waals surface area contributed by atoms with Crippen LogP contribution >= 0.6 is 54.8 Å². The highest BCUT2D eigenvalue weighted by molar-refractivity contribution is 9.11. The zero-order chi connectivity index (χ0) is 12.6. The van der Waals surface area contributed by atoms with Crippen LogP contribution in [0.4, 0.5) is 4.39 Å². The second-order valence-electron chi connectivity index (χ2n) is 3.63. The first-order valence-corrected chi connectivity index (χ1v) is 7.74. The molecule has 0 aliphatic heterocycles. The summed E-state index contributed by atoms with van der Waals surface area (Å²) in [4.78, 5) is 1.12. The van der Waals surface area contributed by atoms with Crippen molar-refractivity contribution < 1.29 is 4.39 Å². The van der Waals surface area contributed by atoms with Gasteiger partial charge in [-0.05, 0) is 52.2 Å². The fourth-order valence-corrected chi connectivity index (χ4v) is 4.12. The fraction of sp³-hybridized carbons (Fsp3) is 0.167. The van der Waals surface area contributed by atoms with Gasteiger partial charge in [0.25, 0.3) is 0 Å². The SMILES string of the molecule is Cc1cc(C(Br)c2ccc(Br)s2)c(Cl)cc1F. The second-order valence-corrected chi connectivity index (χ2v) is 7.44. The molecule has 5 heteroatoms. The average molecular weight is 399 g/mol. The predicted molar refractivity (Wildman–Crippen MR) is 78.9 cm³/mol. The third kappa shape index (κ3) is 2.92. The molecule has 1 aromatic heterocycles. The molecule has 17 heavy (non-hydrogen) atoms. The van der Waals surface area contributed by atoms with Crippen LogP contribution < -0.4 is 0 Å². The zero-order valence-electron chi connectivity index (χ0n) is 8.81. The Labute approximate surface area is 125 Å². The highest BCUT2D eigenvalue weighted by Crippen LogP contribution is 2.40. The minimum atomic E-state index is -0.272. The molecule has 1 atom stereocenters. The number of benzene rings is 1. The first kappa shape index (κ1) is 13.5. The van der Waals surface area contributed by atoms with Crippen LogP contribution in [0.3, 0.4) is 0 Å². The average Bonchev–Trinajstić information content (AvgIpc) is 2.69. The van der Waals surface area contributed by atoms with Gasteiger partial charge in [-0.25, -0.2) is 4.39 Å². The van der Waals surface area contributed by atoms with E-state index in [2.05, 4.69) is 31.9 Å². The van der Waals surface area contributed by atoms with Crippen molar-refractivity contribution in [1.82, 2.24) is 0 Å². The van der Waals surface area contributed by atoms with Gasteiger partial charge in [0.05, 0.1) is 8.61 Å². The van der Waals surface area contributed by atoms with Crippen LogP contribution in [-0.2, 0) is 0 Å². The molecule has 1 heterocycles. The lowest BCUT2D eigenvalue weighted by molar-refractivity contribution is 0.618. The van der Waals surface area contributed by atoms with Crippen molar-refractivity contribution in [2.75, 3.05) is 0 Å². The largest absolute Gasteiger partial charge is 0.207 e. The van der Waals surface area contributed by atoms with E-state index in [-0.39, 0.29) is 10.6 Å². The Morgan fingerprint density at radius 1 is 1.35 bits per heavy atom. The monoisotopic (exact) mass is 396 g/mol. The molecule has 0 fully saturated rings. The number of hydrogen-bond acceptors (Lipinski definition) is 1. The predicted octanol–water partition coefficient (Wildman–Crippen LogP) is 6.10. The molecule has 0 aliphatic carbocycles. The molecule has 0 saturated carbocycles. The Bertz CT molecular complexity index is 553. The van der Waals surface area contributed by atoms with Gasteiger partial charge in [0, 0.05) is 9.90 Å². The highest BCUT2D eigenvalue weighted by Gasteiger charge is 2.17. The summed E-state index contributed by atoms with van der Waals surface area (Å²) >= 11 is 14.7. The molecule has 2 aromatic rings. The van der Waals surface area contributed by atoms with Crippen LogP contribution in [0.25, 0.3) is 0 Å². The lowest BCUT2D eigenvalue weighted by Gasteiger charge is -2.11. The standard InChI is InChI=1S/C12H8Br2ClFS/c1-6-4-7(8(15)5-9(6)16)12(14)10-2-3-11(13)17-10/h2-5,12H,1H3. The molecule has 0 nitrogen and oxygen atoms in total. The number of aryl methyl sites for hydroxylation is 1. The third-order valence-corrected chi connectivity index (χ3v) is 5.70. The lowest BCUT2D eigenvalue weighted by Crippen LogP contribution is -1.94. The van der Waals surface area contributed by atoms with Crippen molar-refractivity contribution in [3.63, 3.8) is 0 Å². The van der Waals surface area contributed by atoms with Crippen LogP contribution in [0, 0.1) is 12.7 Å². The number of halogens is 4. The van der Waals surface area contributed by atoms with Gasteiger partial charge in [0.1, 0.15) is 5.82 Å². The topological polar surface area (TPSA) is 0 Å². The molecule has 0 bridgehead atoms. The van der Waals surface area contributed by atoms with E-state index >= 15 is 0 Å². The lowest BCUT2D eigenvalue weighted by atomic mass is 10.1. The molecule has 2 rings (SSSR count). The third-order valence-electron chi connectivity index (χ3n) is 2.39. The minimum Gasteiger partial charge on any atom is -0.207 e. The smallest absolute Gasteiger partial charge is 0.127 e. The molecule has 0 radical (unpaired) electrons. The van der Waals surface area contributed by atoms with Gasteiger partial charge in [-0.2, -0.15) is 0 Å². The van der Waals surface area contributed by atoms with Crippen LogP contribution in [0.2, 0.25) is 5.02 Å². The number of hydrogen-bond donors (Lipinski definition) is 0. The summed E-state index contributed by atoms with van der Waals surface area (Å²) in [7, 11) is 0. The van der Waals surface area contributed by atoms with E-state index < -0.39 is 0 Å². The van der Waals surface area contributed by atoms with E-state index in [0.29, 0.717) is 10.6 Å². The second kappa shape index (κ2) is 5.39. The summed E-state index contributed by atoms with van der Waals surface area (Å²) in [6.45, 7) is 1.74. The summed E-state index contributed by atoms with van der Waals surface area (Å²) in [6, 6.07) is 7.15. The van der Waals surface area contributed by atoms with Gasteiger partial charge in [-0.3, -0.25) is 0 Å². The quantitative estimate of drug-likeness (QED) is 0.537. The van der Waals surface area contributed by atoms with Gasteiger partial charge in [-0.1, -0.05) is 33.6 Å². The Morgan fingerprint density at radius 2 is 2.06 bits per heavy atom. The van der Waals surface area contributed by atoms with E-state index in [1.807, 2.05) is 12.1 Å². The normalized spacial score (nSPS) is 12.8. The summed E-state index contributed by atoms with van der Waals surface area (Å²) in [6.07, 6.45) is 0. The van der Waals surface area contributed by atoms with Crippen LogP contribution in [0.5, 0.6) is 0 Å². The summed E-state index contributed by atoms with van der Waals surface area (Å²) in [5, 5.41) is 0.444. The van der Waals surface area contributed by atoms with Gasteiger partial charge in [-0.15, -0.1) is 11.3 Å². The molecule has 1 unspecified atom stereocenters. The molecule has 0 spiro atoms. The number of alkyl halides is 1.